The zero-order chi connectivity index (χ0) is 18.1. The van der Waals surface area contributed by atoms with Crippen LogP contribution in [-0.2, 0) is 13.0 Å². The quantitative estimate of drug-likeness (QED) is 0.244. The molecule has 1 aromatic heterocycles. The summed E-state index contributed by atoms with van der Waals surface area (Å²) < 4.78 is 19.8. The maximum atomic E-state index is 13.8. The molecule has 8 heteroatoms. The summed E-state index contributed by atoms with van der Waals surface area (Å²) in [6, 6.07) is 8.96. The lowest BCUT2D eigenvalue weighted by Crippen LogP contribution is -2.37. The third kappa shape index (κ3) is 7.06. The Morgan fingerprint density at radius 3 is 2.77 bits per heavy atom. The Morgan fingerprint density at radius 1 is 1.27 bits per heavy atom. The second-order valence-corrected chi connectivity index (χ2v) is 6.28. The smallest absolute Gasteiger partial charge is 0.218 e. The van der Waals surface area contributed by atoms with Crippen molar-refractivity contribution in [3.8, 4) is 5.88 Å². The van der Waals surface area contributed by atoms with E-state index < -0.39 is 0 Å². The largest absolute Gasteiger partial charge is 0.481 e. The maximum Gasteiger partial charge on any atom is 0.218 e. The lowest BCUT2D eigenvalue weighted by atomic mass is 10.1. The van der Waals surface area contributed by atoms with Crippen LogP contribution in [0.2, 0.25) is 0 Å². The second kappa shape index (κ2) is 12.1. The van der Waals surface area contributed by atoms with E-state index in [-0.39, 0.29) is 29.8 Å². The molecule has 0 saturated heterocycles. The highest BCUT2D eigenvalue weighted by molar-refractivity contribution is 14.0. The monoisotopic (exact) mass is 536 g/mol. The van der Waals surface area contributed by atoms with Gasteiger partial charge in [0.25, 0.3) is 0 Å². The SMILES string of the molecule is CN=C(NCCCc1ccc(Br)cc1F)NCc1cccnc1OC.I. The minimum atomic E-state index is -0.180. The molecule has 0 bridgehead atoms. The molecule has 0 aliphatic heterocycles. The molecule has 0 fully saturated rings. The molecule has 0 unspecified atom stereocenters. The van der Waals surface area contributed by atoms with Crippen molar-refractivity contribution >= 4 is 45.9 Å². The number of pyridine rings is 1. The van der Waals surface area contributed by atoms with Gasteiger partial charge in [-0.3, -0.25) is 4.99 Å². The predicted octanol–water partition coefficient (Wildman–Crippen LogP) is 3.91. The number of ether oxygens (including phenoxy) is 1. The van der Waals surface area contributed by atoms with Gasteiger partial charge in [-0.1, -0.05) is 28.1 Å². The number of hydrogen-bond donors (Lipinski definition) is 2. The molecular weight excluding hydrogens is 514 g/mol. The fraction of sp³-hybridized carbons (Fsp3) is 0.333. The molecule has 2 N–H and O–H groups in total. The van der Waals surface area contributed by atoms with E-state index in [9.17, 15) is 4.39 Å². The summed E-state index contributed by atoms with van der Waals surface area (Å²) >= 11 is 3.26. The lowest BCUT2D eigenvalue weighted by Gasteiger charge is -2.13. The van der Waals surface area contributed by atoms with E-state index in [1.165, 1.54) is 6.07 Å². The number of aryl methyl sites for hydroxylation is 1. The van der Waals surface area contributed by atoms with Crippen molar-refractivity contribution in [1.29, 1.82) is 0 Å². The topological polar surface area (TPSA) is 58.5 Å². The molecule has 5 nitrogen and oxygen atoms in total. The molecule has 142 valence electrons. The van der Waals surface area contributed by atoms with Crippen LogP contribution in [0.1, 0.15) is 17.5 Å². The molecule has 0 aliphatic rings. The summed E-state index contributed by atoms with van der Waals surface area (Å²) in [6.07, 6.45) is 3.16. The van der Waals surface area contributed by atoms with Crippen LogP contribution >= 0.6 is 39.9 Å². The number of halogens is 3. The minimum absolute atomic E-state index is 0. The Kier molecular flexibility index (Phi) is 10.5. The first kappa shape index (κ1) is 22.6. The average molecular weight is 537 g/mol. The van der Waals surface area contributed by atoms with Gasteiger partial charge in [-0.2, -0.15) is 0 Å². The van der Waals surface area contributed by atoms with Crippen molar-refractivity contribution < 1.29 is 9.13 Å². The zero-order valence-corrected chi connectivity index (χ0v) is 18.7. The van der Waals surface area contributed by atoms with E-state index in [2.05, 4.69) is 36.5 Å². The highest BCUT2D eigenvalue weighted by Gasteiger charge is 2.05. The average Bonchev–Trinajstić information content (AvgIpc) is 2.62. The molecule has 26 heavy (non-hydrogen) atoms. The van der Waals surface area contributed by atoms with Gasteiger partial charge in [0.2, 0.25) is 5.88 Å². The van der Waals surface area contributed by atoms with Crippen molar-refractivity contribution in [2.45, 2.75) is 19.4 Å². The molecular formula is C18H23BrFIN4O. The van der Waals surface area contributed by atoms with Crippen molar-refractivity contribution in [1.82, 2.24) is 15.6 Å². The summed E-state index contributed by atoms with van der Waals surface area (Å²) in [5.74, 6) is 1.10. The molecule has 0 amide bonds. The Bertz CT molecular complexity index is 730. The van der Waals surface area contributed by atoms with E-state index in [1.807, 2.05) is 18.2 Å². The van der Waals surface area contributed by atoms with Gasteiger partial charge >= 0.3 is 0 Å². The number of aliphatic imine (C=N–C) groups is 1. The molecule has 0 aliphatic carbocycles. The van der Waals surface area contributed by atoms with Gasteiger partial charge in [0, 0.05) is 36.4 Å². The van der Waals surface area contributed by atoms with Crippen LogP contribution in [0.15, 0.2) is 46.0 Å². The molecule has 1 heterocycles. The zero-order valence-electron chi connectivity index (χ0n) is 14.8. The van der Waals surface area contributed by atoms with Gasteiger partial charge in [-0.25, -0.2) is 9.37 Å². The molecule has 2 rings (SSSR count). The van der Waals surface area contributed by atoms with Crippen LogP contribution in [0, 0.1) is 5.82 Å². The number of nitrogens with one attached hydrogen (secondary N) is 2. The Labute approximate surface area is 179 Å². The van der Waals surface area contributed by atoms with E-state index in [1.54, 1.807) is 26.4 Å². The number of methoxy groups -OCH3 is 1. The molecule has 0 spiro atoms. The van der Waals surface area contributed by atoms with Gasteiger partial charge in [0.1, 0.15) is 5.82 Å². The number of aromatic nitrogens is 1. The predicted molar refractivity (Wildman–Crippen MR) is 117 cm³/mol. The third-order valence-corrected chi connectivity index (χ3v) is 4.14. The van der Waals surface area contributed by atoms with Crippen LogP contribution < -0.4 is 15.4 Å². The summed E-state index contributed by atoms with van der Waals surface area (Å²) in [5, 5.41) is 6.44. The van der Waals surface area contributed by atoms with Gasteiger partial charge in [0.15, 0.2) is 5.96 Å². The maximum absolute atomic E-state index is 13.8. The number of nitrogens with zero attached hydrogens (tertiary/aromatic N) is 2. The highest BCUT2D eigenvalue weighted by atomic mass is 127. The normalized spacial score (nSPS) is 10.8. The van der Waals surface area contributed by atoms with Crippen molar-refractivity contribution in [2.75, 3.05) is 20.7 Å². The summed E-state index contributed by atoms with van der Waals surface area (Å²) in [5.41, 5.74) is 1.66. The first-order chi connectivity index (χ1) is 12.1. The Morgan fingerprint density at radius 2 is 2.08 bits per heavy atom. The first-order valence-corrected chi connectivity index (χ1v) is 8.79. The second-order valence-electron chi connectivity index (χ2n) is 5.36. The van der Waals surface area contributed by atoms with Crippen molar-refractivity contribution in [3.05, 3.63) is 57.9 Å². The number of hydrogen-bond acceptors (Lipinski definition) is 3. The molecule has 2 aromatic rings. The van der Waals surface area contributed by atoms with E-state index >= 15 is 0 Å². The molecule has 0 radical (unpaired) electrons. The molecule has 0 saturated carbocycles. The molecule has 0 atom stereocenters. The van der Waals surface area contributed by atoms with E-state index in [4.69, 9.17) is 4.74 Å². The summed E-state index contributed by atoms with van der Waals surface area (Å²) in [4.78, 5) is 8.35. The fourth-order valence-electron chi connectivity index (χ4n) is 2.35. The van der Waals surface area contributed by atoms with Crippen LogP contribution in [0.3, 0.4) is 0 Å². The first-order valence-electron chi connectivity index (χ1n) is 8.00. The summed E-state index contributed by atoms with van der Waals surface area (Å²) in [6.45, 7) is 1.25. The lowest BCUT2D eigenvalue weighted by molar-refractivity contribution is 0.392. The Hall–Kier alpha value is -1.42. The summed E-state index contributed by atoms with van der Waals surface area (Å²) in [7, 11) is 3.31. The van der Waals surface area contributed by atoms with Crippen LogP contribution in [0.5, 0.6) is 5.88 Å². The van der Waals surface area contributed by atoms with Gasteiger partial charge in [-0.05, 0) is 36.6 Å². The number of rotatable bonds is 7. The Balaban J connectivity index is 0.00000338. The van der Waals surface area contributed by atoms with Crippen LogP contribution in [-0.4, -0.2) is 31.6 Å². The fourth-order valence-corrected chi connectivity index (χ4v) is 2.69. The number of guanidine groups is 1. The third-order valence-electron chi connectivity index (χ3n) is 3.64. The van der Waals surface area contributed by atoms with Gasteiger partial charge in [0.05, 0.1) is 7.11 Å². The number of benzene rings is 1. The molecule has 1 aromatic carbocycles. The van der Waals surface area contributed by atoms with Crippen molar-refractivity contribution in [2.24, 2.45) is 4.99 Å². The van der Waals surface area contributed by atoms with Crippen molar-refractivity contribution in [3.63, 3.8) is 0 Å². The van der Waals surface area contributed by atoms with Gasteiger partial charge in [-0.15, -0.1) is 24.0 Å². The standard InChI is InChI=1S/C18H22BrFN4O.HI/c1-21-18(24-12-14-6-4-9-22-17(14)25-2)23-10-3-5-13-7-8-15(19)11-16(13)20;/h4,6-9,11H,3,5,10,12H2,1-2H3,(H2,21,23,24);1H. The van der Waals surface area contributed by atoms with Crippen LogP contribution in [0.4, 0.5) is 4.39 Å². The minimum Gasteiger partial charge on any atom is -0.481 e. The van der Waals surface area contributed by atoms with E-state index in [0.717, 1.165) is 16.5 Å². The van der Waals surface area contributed by atoms with E-state index in [0.29, 0.717) is 36.9 Å². The van der Waals surface area contributed by atoms with Gasteiger partial charge < -0.3 is 15.4 Å². The highest BCUT2D eigenvalue weighted by Crippen LogP contribution is 2.16. The van der Waals surface area contributed by atoms with Crippen LogP contribution in [0.25, 0.3) is 0 Å².